The molecule has 180 valence electrons. The van der Waals surface area contributed by atoms with E-state index in [-0.39, 0.29) is 11.9 Å². The van der Waals surface area contributed by atoms with Gasteiger partial charge in [0.15, 0.2) is 11.0 Å². The first-order chi connectivity index (χ1) is 17.7. The average Bonchev–Trinajstić information content (AvgIpc) is 3.59. The molecule has 0 saturated carbocycles. The highest BCUT2D eigenvalue weighted by Crippen LogP contribution is 2.29. The summed E-state index contributed by atoms with van der Waals surface area (Å²) in [6.07, 6.45) is 5.10. The van der Waals surface area contributed by atoms with Gasteiger partial charge < -0.3 is 9.73 Å². The molecule has 36 heavy (non-hydrogen) atoms. The maximum Gasteiger partial charge on any atom is 0.234 e. The minimum Gasteiger partial charge on any atom is -0.467 e. The molecule has 0 aliphatic carbocycles. The van der Waals surface area contributed by atoms with Crippen molar-refractivity contribution in [3.63, 3.8) is 0 Å². The Kier molecular flexibility index (Phi) is 7.23. The van der Waals surface area contributed by atoms with Gasteiger partial charge in [0, 0.05) is 18.0 Å². The molecule has 0 fully saturated rings. The molecule has 1 N–H and O–H groups in total. The highest BCUT2D eigenvalue weighted by molar-refractivity contribution is 8.00. The Labute approximate surface area is 213 Å². The lowest BCUT2D eigenvalue weighted by molar-refractivity contribution is -0.120. The molecule has 5 aromatic rings. The fourth-order valence-corrected chi connectivity index (χ4v) is 4.76. The second-order valence-electron chi connectivity index (χ2n) is 8.24. The zero-order valence-electron chi connectivity index (χ0n) is 19.7. The third kappa shape index (κ3) is 5.39. The Morgan fingerprint density at radius 1 is 0.944 bits per heavy atom. The van der Waals surface area contributed by atoms with E-state index in [0.29, 0.717) is 17.5 Å². The summed E-state index contributed by atoms with van der Waals surface area (Å²) in [5, 5.41) is 12.3. The standard InChI is InChI=1S/C28H25N5O2S/c1-20(27(34)30-25(21-10-4-2-5-11-21)22-12-6-3-7-13-22)36-28-32-31-26(23-14-8-16-29-18-23)33(28)19-24-15-9-17-35-24/h2-18,20,25H,19H2,1H3,(H,30,34). The van der Waals surface area contributed by atoms with Crippen LogP contribution >= 0.6 is 11.8 Å². The van der Waals surface area contributed by atoms with Crippen LogP contribution in [0.5, 0.6) is 0 Å². The van der Waals surface area contributed by atoms with Crippen LogP contribution in [0.25, 0.3) is 11.4 Å². The van der Waals surface area contributed by atoms with Crippen molar-refractivity contribution in [2.45, 2.75) is 29.9 Å². The Hall–Kier alpha value is -4.17. The first kappa shape index (κ1) is 23.6. The van der Waals surface area contributed by atoms with Gasteiger partial charge in [-0.1, -0.05) is 72.4 Å². The topological polar surface area (TPSA) is 85.8 Å². The summed E-state index contributed by atoms with van der Waals surface area (Å²) < 4.78 is 7.53. The smallest absolute Gasteiger partial charge is 0.234 e. The molecule has 0 bridgehead atoms. The zero-order valence-corrected chi connectivity index (χ0v) is 20.5. The molecule has 0 aliphatic rings. The number of pyridine rings is 1. The Morgan fingerprint density at radius 2 is 1.67 bits per heavy atom. The van der Waals surface area contributed by atoms with Crippen LogP contribution in [-0.4, -0.2) is 30.9 Å². The van der Waals surface area contributed by atoms with Crippen LogP contribution in [-0.2, 0) is 11.3 Å². The van der Waals surface area contributed by atoms with Crippen molar-refractivity contribution in [1.82, 2.24) is 25.1 Å². The lowest BCUT2D eigenvalue weighted by Crippen LogP contribution is -2.35. The van der Waals surface area contributed by atoms with E-state index < -0.39 is 5.25 Å². The average molecular weight is 496 g/mol. The Bertz CT molecular complexity index is 1350. The largest absolute Gasteiger partial charge is 0.467 e. The van der Waals surface area contributed by atoms with Gasteiger partial charge >= 0.3 is 0 Å². The molecule has 2 aromatic carbocycles. The van der Waals surface area contributed by atoms with Gasteiger partial charge in [-0.05, 0) is 42.3 Å². The van der Waals surface area contributed by atoms with Crippen molar-refractivity contribution in [2.75, 3.05) is 0 Å². The van der Waals surface area contributed by atoms with E-state index in [1.165, 1.54) is 11.8 Å². The van der Waals surface area contributed by atoms with E-state index in [1.54, 1.807) is 18.7 Å². The molecular weight excluding hydrogens is 470 g/mol. The van der Waals surface area contributed by atoms with Gasteiger partial charge in [-0.25, -0.2) is 0 Å². The molecule has 5 rings (SSSR count). The fourth-order valence-electron chi connectivity index (χ4n) is 3.91. The lowest BCUT2D eigenvalue weighted by atomic mass is 9.98. The SMILES string of the molecule is CC(Sc1nnc(-c2cccnc2)n1Cc1ccco1)C(=O)NC(c1ccccc1)c1ccccc1. The first-order valence-electron chi connectivity index (χ1n) is 11.6. The summed E-state index contributed by atoms with van der Waals surface area (Å²) in [5.41, 5.74) is 2.89. The highest BCUT2D eigenvalue weighted by Gasteiger charge is 2.24. The summed E-state index contributed by atoms with van der Waals surface area (Å²) in [6, 6.07) is 27.2. The molecule has 1 amide bonds. The summed E-state index contributed by atoms with van der Waals surface area (Å²) in [7, 11) is 0. The number of amides is 1. The zero-order chi connectivity index (χ0) is 24.7. The number of nitrogens with zero attached hydrogens (tertiary/aromatic N) is 4. The molecule has 3 aromatic heterocycles. The van der Waals surface area contributed by atoms with Crippen LogP contribution in [0, 0.1) is 0 Å². The fraction of sp³-hybridized carbons (Fsp3) is 0.143. The lowest BCUT2D eigenvalue weighted by Gasteiger charge is -2.22. The molecule has 1 atom stereocenters. The van der Waals surface area contributed by atoms with Crippen molar-refractivity contribution in [3.05, 3.63) is 120 Å². The summed E-state index contributed by atoms with van der Waals surface area (Å²) in [6.45, 7) is 2.32. The van der Waals surface area contributed by atoms with Crippen molar-refractivity contribution >= 4 is 17.7 Å². The quantitative estimate of drug-likeness (QED) is 0.277. The number of nitrogens with one attached hydrogen (secondary N) is 1. The molecule has 0 aliphatic heterocycles. The molecule has 0 radical (unpaired) electrons. The van der Waals surface area contributed by atoms with Gasteiger partial charge in [0.25, 0.3) is 0 Å². The predicted octanol–water partition coefficient (Wildman–Crippen LogP) is 5.37. The van der Waals surface area contributed by atoms with Crippen LogP contribution < -0.4 is 5.32 Å². The number of carbonyl (C=O) groups is 1. The summed E-state index contributed by atoms with van der Waals surface area (Å²) in [4.78, 5) is 17.6. The molecule has 7 nitrogen and oxygen atoms in total. The van der Waals surface area contributed by atoms with Gasteiger partial charge in [-0.15, -0.1) is 10.2 Å². The second kappa shape index (κ2) is 11.0. The molecule has 8 heteroatoms. The molecule has 0 spiro atoms. The molecule has 0 saturated heterocycles. The number of furan rings is 1. The Morgan fingerprint density at radius 3 is 2.28 bits per heavy atom. The van der Waals surface area contributed by atoms with Crippen LogP contribution in [0.1, 0.15) is 29.9 Å². The van der Waals surface area contributed by atoms with E-state index in [0.717, 1.165) is 22.5 Å². The predicted molar refractivity (Wildman–Crippen MR) is 139 cm³/mol. The van der Waals surface area contributed by atoms with Gasteiger partial charge in [-0.3, -0.25) is 14.3 Å². The van der Waals surface area contributed by atoms with E-state index >= 15 is 0 Å². The number of benzene rings is 2. The monoisotopic (exact) mass is 495 g/mol. The van der Waals surface area contributed by atoms with E-state index in [2.05, 4.69) is 20.5 Å². The Balaban J connectivity index is 1.39. The van der Waals surface area contributed by atoms with Gasteiger partial charge in [0.2, 0.25) is 5.91 Å². The third-order valence-corrected chi connectivity index (χ3v) is 6.81. The summed E-state index contributed by atoms with van der Waals surface area (Å²) in [5.74, 6) is 1.35. The van der Waals surface area contributed by atoms with E-state index in [4.69, 9.17) is 4.42 Å². The molecule has 1 unspecified atom stereocenters. The van der Waals surface area contributed by atoms with Crippen LogP contribution in [0.4, 0.5) is 0 Å². The number of rotatable bonds is 9. The van der Waals surface area contributed by atoms with Gasteiger partial charge in [0.1, 0.15) is 5.76 Å². The summed E-state index contributed by atoms with van der Waals surface area (Å²) >= 11 is 1.36. The maximum absolute atomic E-state index is 13.4. The van der Waals surface area contributed by atoms with Crippen molar-refractivity contribution in [3.8, 4) is 11.4 Å². The van der Waals surface area contributed by atoms with E-state index in [9.17, 15) is 4.79 Å². The van der Waals surface area contributed by atoms with E-state index in [1.807, 2.05) is 96.4 Å². The maximum atomic E-state index is 13.4. The molecule has 3 heterocycles. The van der Waals surface area contributed by atoms with Crippen LogP contribution in [0.3, 0.4) is 0 Å². The second-order valence-corrected chi connectivity index (χ2v) is 9.54. The highest BCUT2D eigenvalue weighted by atomic mass is 32.2. The third-order valence-electron chi connectivity index (χ3n) is 5.73. The number of hydrogen-bond donors (Lipinski definition) is 1. The van der Waals surface area contributed by atoms with Gasteiger partial charge in [0.05, 0.1) is 24.1 Å². The number of hydrogen-bond acceptors (Lipinski definition) is 6. The van der Waals surface area contributed by atoms with Crippen LogP contribution in [0.15, 0.2) is 113 Å². The number of carbonyl (C=O) groups excluding carboxylic acids is 1. The van der Waals surface area contributed by atoms with Crippen molar-refractivity contribution < 1.29 is 9.21 Å². The number of thioether (sulfide) groups is 1. The van der Waals surface area contributed by atoms with Gasteiger partial charge in [-0.2, -0.15) is 0 Å². The minimum absolute atomic E-state index is 0.0896. The van der Waals surface area contributed by atoms with Crippen molar-refractivity contribution in [2.24, 2.45) is 0 Å². The first-order valence-corrected chi connectivity index (χ1v) is 12.5. The van der Waals surface area contributed by atoms with Crippen molar-refractivity contribution in [1.29, 1.82) is 0 Å². The van der Waals surface area contributed by atoms with Crippen LogP contribution in [0.2, 0.25) is 0 Å². The number of aromatic nitrogens is 4. The normalized spacial score (nSPS) is 11.9. The molecular formula is C28H25N5O2S. The minimum atomic E-state index is -0.416.